The minimum Gasteiger partial charge on any atom is -0.480 e. The zero-order valence-electron chi connectivity index (χ0n) is 5.78. The summed E-state index contributed by atoms with van der Waals surface area (Å²) in [4.78, 5) is 18.6. The predicted octanol–water partition coefficient (Wildman–Crippen LogP) is -0.211. The van der Waals surface area contributed by atoms with E-state index in [9.17, 15) is 4.79 Å². The monoisotopic (exact) mass is 145 g/mol. The van der Waals surface area contributed by atoms with Crippen molar-refractivity contribution in [2.45, 2.75) is 13.0 Å². The van der Waals surface area contributed by atoms with Gasteiger partial charge in [0.25, 0.3) is 0 Å². The highest BCUT2D eigenvalue weighted by atomic mass is 16.4. The minimum absolute atomic E-state index is 0.639. The molecule has 0 aromatic rings. The fourth-order valence-electron chi connectivity index (χ4n) is 0. The summed E-state index contributed by atoms with van der Waals surface area (Å²) in [6.07, 6.45) is 1.83. The molecule has 0 heterocycles. The van der Waals surface area contributed by atoms with E-state index in [1.807, 2.05) is 0 Å². The van der Waals surface area contributed by atoms with Crippen LogP contribution in [0.4, 0.5) is 0 Å². The Morgan fingerprint density at radius 1 is 1.80 bits per heavy atom. The molecule has 0 fully saturated rings. The van der Waals surface area contributed by atoms with Gasteiger partial charge in [-0.1, -0.05) is 6.58 Å². The second-order valence-electron chi connectivity index (χ2n) is 1.50. The first-order valence-electron chi connectivity index (χ1n) is 2.60. The number of allylic oxidation sites excluding steroid dienone is 1. The second kappa shape index (κ2) is 7.84. The van der Waals surface area contributed by atoms with Crippen LogP contribution in [0.25, 0.3) is 0 Å². The molecule has 0 aromatic carbocycles. The molecule has 1 atom stereocenters. The number of carbonyl (C=O) groups is 2. The highest BCUT2D eigenvalue weighted by molar-refractivity contribution is 5.72. The Labute approximate surface area is 59.3 Å². The number of aliphatic carboxylic acids is 1. The van der Waals surface area contributed by atoms with Gasteiger partial charge in [-0.15, -0.1) is 0 Å². The molecule has 10 heavy (non-hydrogen) atoms. The fraction of sp³-hybridized carbons (Fsp3) is 0.333. The average molecular weight is 145 g/mol. The molecule has 4 heteroatoms. The van der Waals surface area contributed by atoms with Gasteiger partial charge in [0.05, 0.1) is 0 Å². The normalized spacial score (nSPS) is 10.2. The highest BCUT2D eigenvalue weighted by Gasteiger charge is 1.99. The molecule has 0 rings (SSSR count). The quantitative estimate of drug-likeness (QED) is 0.416. The van der Waals surface area contributed by atoms with Crippen molar-refractivity contribution in [2.24, 2.45) is 5.73 Å². The summed E-state index contributed by atoms with van der Waals surface area (Å²) < 4.78 is 0. The molecule has 0 bridgehead atoms. The Morgan fingerprint density at radius 2 is 2.00 bits per heavy atom. The van der Waals surface area contributed by atoms with Gasteiger partial charge in [0.2, 0.25) is 0 Å². The molecule has 0 radical (unpaired) electrons. The zero-order valence-corrected chi connectivity index (χ0v) is 5.78. The molecule has 0 unspecified atom stereocenters. The van der Waals surface area contributed by atoms with E-state index in [0.29, 0.717) is 6.29 Å². The number of carboxylic acid groups (broad SMARTS) is 1. The van der Waals surface area contributed by atoms with Gasteiger partial charge in [0.1, 0.15) is 12.3 Å². The lowest BCUT2D eigenvalue weighted by molar-refractivity contribution is -0.138. The van der Waals surface area contributed by atoms with E-state index in [1.54, 1.807) is 0 Å². The molecule has 0 aliphatic rings. The van der Waals surface area contributed by atoms with Crippen molar-refractivity contribution in [2.75, 3.05) is 0 Å². The van der Waals surface area contributed by atoms with E-state index in [-0.39, 0.29) is 0 Å². The lowest BCUT2D eigenvalue weighted by atomic mass is 10.4. The average Bonchev–Trinajstić information content (AvgIpc) is 1.89. The first-order chi connectivity index (χ1) is 4.56. The summed E-state index contributed by atoms with van der Waals surface area (Å²) in [5.41, 5.74) is 4.84. The van der Waals surface area contributed by atoms with Gasteiger partial charge in [-0.25, -0.2) is 0 Å². The summed E-state index contributed by atoms with van der Waals surface area (Å²) in [5, 5.41) is 7.87. The molecule has 0 amide bonds. The number of aldehydes is 1. The molecule has 0 spiro atoms. The Bertz CT molecular complexity index is 114. The van der Waals surface area contributed by atoms with E-state index in [2.05, 4.69) is 6.58 Å². The van der Waals surface area contributed by atoms with Gasteiger partial charge in [-0.2, -0.15) is 0 Å². The second-order valence-corrected chi connectivity index (χ2v) is 1.50. The van der Waals surface area contributed by atoms with Crippen LogP contribution in [0.2, 0.25) is 0 Å². The zero-order chi connectivity index (χ0) is 8.57. The van der Waals surface area contributed by atoms with Gasteiger partial charge in [0, 0.05) is 0 Å². The maximum Gasteiger partial charge on any atom is 0.320 e. The van der Waals surface area contributed by atoms with Crippen molar-refractivity contribution >= 4 is 12.3 Å². The van der Waals surface area contributed by atoms with E-state index in [4.69, 9.17) is 15.6 Å². The Hall–Kier alpha value is -1.16. The lowest BCUT2D eigenvalue weighted by Crippen LogP contribution is -2.25. The van der Waals surface area contributed by atoms with Crippen LogP contribution in [0.1, 0.15) is 6.92 Å². The third-order valence-electron chi connectivity index (χ3n) is 0.486. The van der Waals surface area contributed by atoms with Crippen LogP contribution in [-0.2, 0) is 9.59 Å². The maximum absolute atomic E-state index is 9.57. The third-order valence-corrected chi connectivity index (χ3v) is 0.486. The third kappa shape index (κ3) is 15.8. The van der Waals surface area contributed by atoms with Crippen molar-refractivity contribution in [1.82, 2.24) is 0 Å². The topological polar surface area (TPSA) is 80.4 Å². The van der Waals surface area contributed by atoms with Crippen LogP contribution in [0.5, 0.6) is 0 Å². The van der Waals surface area contributed by atoms with Gasteiger partial charge >= 0.3 is 5.97 Å². The van der Waals surface area contributed by atoms with E-state index >= 15 is 0 Å². The van der Waals surface area contributed by atoms with E-state index in [1.165, 1.54) is 13.0 Å². The highest BCUT2D eigenvalue weighted by Crippen LogP contribution is 1.68. The van der Waals surface area contributed by atoms with E-state index in [0.717, 1.165) is 0 Å². The van der Waals surface area contributed by atoms with Crippen LogP contribution < -0.4 is 5.73 Å². The van der Waals surface area contributed by atoms with Crippen molar-refractivity contribution in [1.29, 1.82) is 0 Å². The largest absolute Gasteiger partial charge is 0.480 e. The summed E-state index contributed by atoms with van der Waals surface area (Å²) in [5.74, 6) is -0.963. The van der Waals surface area contributed by atoms with Crippen LogP contribution >= 0.6 is 0 Å². The number of nitrogens with two attached hydrogens (primary N) is 1. The van der Waals surface area contributed by atoms with Crippen molar-refractivity contribution in [3.05, 3.63) is 12.7 Å². The summed E-state index contributed by atoms with van der Waals surface area (Å²) in [7, 11) is 0. The van der Waals surface area contributed by atoms with E-state index < -0.39 is 12.0 Å². The molecule has 3 N–H and O–H groups in total. The molecule has 0 saturated heterocycles. The van der Waals surface area contributed by atoms with Crippen LogP contribution in [-0.4, -0.2) is 23.4 Å². The van der Waals surface area contributed by atoms with Gasteiger partial charge < -0.3 is 10.8 Å². The van der Waals surface area contributed by atoms with Crippen LogP contribution in [0, 0.1) is 0 Å². The molecular weight excluding hydrogens is 134 g/mol. The number of rotatable bonds is 2. The molecule has 4 nitrogen and oxygen atoms in total. The number of carboxylic acids is 1. The first kappa shape index (κ1) is 11.6. The van der Waals surface area contributed by atoms with Crippen molar-refractivity contribution < 1.29 is 14.7 Å². The fourth-order valence-corrected chi connectivity index (χ4v) is 0. The Balaban J connectivity index is 0. The van der Waals surface area contributed by atoms with Gasteiger partial charge in [-0.05, 0) is 13.0 Å². The van der Waals surface area contributed by atoms with Crippen molar-refractivity contribution in [3.8, 4) is 0 Å². The standard InChI is InChI=1S/C3H7NO2.C3H4O/c1-2(4)3(5)6;1-2-3-4/h2H,4H2,1H3,(H,5,6);2-3H,1H2/t2-;/m0./s1. The maximum atomic E-state index is 9.57. The lowest BCUT2D eigenvalue weighted by Gasteiger charge is -1.90. The first-order valence-corrected chi connectivity index (χ1v) is 2.60. The molecule has 0 aliphatic carbocycles. The number of hydrogen-bond donors (Lipinski definition) is 2. The number of hydrogen-bond acceptors (Lipinski definition) is 3. The summed E-state index contributed by atoms with van der Waals surface area (Å²) in [6, 6.07) is -0.731. The summed E-state index contributed by atoms with van der Waals surface area (Å²) in [6.45, 7) is 4.53. The molecule has 0 aliphatic heterocycles. The predicted molar refractivity (Wildman–Crippen MR) is 37.5 cm³/mol. The minimum atomic E-state index is -0.963. The van der Waals surface area contributed by atoms with Gasteiger partial charge in [0.15, 0.2) is 0 Å². The molecule has 58 valence electrons. The number of carbonyl (C=O) groups excluding carboxylic acids is 1. The van der Waals surface area contributed by atoms with Crippen molar-refractivity contribution in [3.63, 3.8) is 0 Å². The van der Waals surface area contributed by atoms with Gasteiger partial charge in [-0.3, -0.25) is 9.59 Å². The SMILES string of the molecule is C=CC=O.C[C@H](N)C(=O)O. The molecular formula is C6H11NO3. The molecule has 0 saturated carbocycles. The summed E-state index contributed by atoms with van der Waals surface area (Å²) >= 11 is 0. The van der Waals surface area contributed by atoms with Crippen LogP contribution in [0.3, 0.4) is 0 Å². The van der Waals surface area contributed by atoms with Crippen LogP contribution in [0.15, 0.2) is 12.7 Å². The smallest absolute Gasteiger partial charge is 0.320 e. The Morgan fingerprint density at radius 3 is 2.00 bits per heavy atom. The Kier molecular flexibility index (Phi) is 9.11. The molecule has 0 aromatic heterocycles.